The van der Waals surface area contributed by atoms with Crippen molar-refractivity contribution in [2.24, 2.45) is 5.92 Å². The van der Waals surface area contributed by atoms with Crippen LogP contribution in [0.5, 0.6) is 0 Å². The highest BCUT2D eigenvalue weighted by atomic mass is 16.4. The van der Waals surface area contributed by atoms with E-state index >= 15 is 0 Å². The molecule has 2 atom stereocenters. The largest absolute Gasteiger partial charge is 0.417 e. The molecule has 0 radical (unpaired) electrons. The Bertz CT molecular complexity index is 1190. The fourth-order valence-corrected chi connectivity index (χ4v) is 4.78. The molecule has 7 heteroatoms. The number of fused-ring (bicyclic) bond motifs is 2. The van der Waals surface area contributed by atoms with E-state index in [9.17, 15) is 14.4 Å². The van der Waals surface area contributed by atoms with Crippen molar-refractivity contribution in [3.8, 4) is 0 Å². The van der Waals surface area contributed by atoms with Crippen molar-refractivity contribution >= 4 is 22.9 Å². The summed E-state index contributed by atoms with van der Waals surface area (Å²) in [6.07, 6.45) is 2.45. The highest BCUT2D eigenvalue weighted by molar-refractivity contribution is 5.99. The van der Waals surface area contributed by atoms with Gasteiger partial charge < -0.3 is 14.2 Å². The lowest BCUT2D eigenvalue weighted by Crippen LogP contribution is -2.40. The van der Waals surface area contributed by atoms with E-state index in [1.54, 1.807) is 17.0 Å². The SMILES string of the molecule is CN1CCC[C@H](C[C@H]2c3ccccc3C(=O)N2Cc2ccc3[nH]c(=O)oc3c2)C1=O. The van der Waals surface area contributed by atoms with Gasteiger partial charge >= 0.3 is 5.76 Å². The Morgan fingerprint density at radius 1 is 1.13 bits per heavy atom. The van der Waals surface area contributed by atoms with Crippen LogP contribution in [0, 0.1) is 5.92 Å². The van der Waals surface area contributed by atoms with Crippen LogP contribution in [-0.4, -0.2) is 40.2 Å². The molecule has 2 aliphatic heterocycles. The lowest BCUT2D eigenvalue weighted by molar-refractivity contribution is -0.137. The number of rotatable bonds is 4. The summed E-state index contributed by atoms with van der Waals surface area (Å²) in [6, 6.07) is 13.0. The number of amides is 2. The van der Waals surface area contributed by atoms with Gasteiger partial charge in [-0.1, -0.05) is 24.3 Å². The van der Waals surface area contributed by atoms with Crippen LogP contribution in [0.2, 0.25) is 0 Å². The van der Waals surface area contributed by atoms with Gasteiger partial charge in [0.05, 0.1) is 11.6 Å². The number of benzene rings is 2. The lowest BCUT2D eigenvalue weighted by atomic mass is 9.88. The van der Waals surface area contributed by atoms with Gasteiger partial charge in [-0.3, -0.25) is 14.6 Å². The monoisotopic (exact) mass is 405 g/mol. The van der Waals surface area contributed by atoms with E-state index in [0.717, 1.165) is 30.5 Å². The summed E-state index contributed by atoms with van der Waals surface area (Å²) < 4.78 is 5.17. The smallest absolute Gasteiger partial charge is 0.408 e. The van der Waals surface area contributed by atoms with Crippen LogP contribution >= 0.6 is 0 Å². The van der Waals surface area contributed by atoms with Crippen LogP contribution < -0.4 is 5.76 Å². The molecule has 2 amide bonds. The Labute approximate surface area is 173 Å². The average molecular weight is 405 g/mol. The van der Waals surface area contributed by atoms with Crippen molar-refractivity contribution in [1.29, 1.82) is 0 Å². The van der Waals surface area contributed by atoms with Crippen molar-refractivity contribution in [3.63, 3.8) is 0 Å². The topological polar surface area (TPSA) is 86.6 Å². The minimum atomic E-state index is -0.496. The first-order chi connectivity index (χ1) is 14.5. The third-order valence-corrected chi connectivity index (χ3v) is 6.30. The maximum atomic E-state index is 13.2. The predicted octanol–water partition coefficient (Wildman–Crippen LogP) is 3.08. The predicted molar refractivity (Wildman–Crippen MR) is 111 cm³/mol. The van der Waals surface area contributed by atoms with Gasteiger partial charge in [0.25, 0.3) is 5.91 Å². The van der Waals surface area contributed by atoms with Crippen molar-refractivity contribution < 1.29 is 14.0 Å². The van der Waals surface area contributed by atoms with Crippen molar-refractivity contribution in [2.75, 3.05) is 13.6 Å². The minimum Gasteiger partial charge on any atom is -0.408 e. The standard InChI is InChI=1S/C23H23N3O4/c1-25-10-4-5-15(21(25)27)12-19-16-6-2-3-7-17(16)22(28)26(19)13-14-8-9-18-20(11-14)30-23(29)24-18/h2-3,6-9,11,15,19H,4-5,10,12-13H2,1H3,(H,24,29)/t15-,19+/m1/s1. The second kappa shape index (κ2) is 7.16. The summed E-state index contributed by atoms with van der Waals surface area (Å²) in [5.74, 6) is -0.443. The molecular weight excluding hydrogens is 382 g/mol. The number of hydrogen-bond donors (Lipinski definition) is 1. The number of nitrogens with one attached hydrogen (secondary N) is 1. The molecule has 154 valence electrons. The molecule has 1 saturated heterocycles. The molecule has 3 heterocycles. The molecule has 30 heavy (non-hydrogen) atoms. The fourth-order valence-electron chi connectivity index (χ4n) is 4.78. The molecule has 0 aliphatic carbocycles. The number of aromatic amines is 1. The number of oxazole rings is 1. The molecule has 2 aromatic carbocycles. The van der Waals surface area contributed by atoms with E-state index in [1.165, 1.54) is 0 Å². The summed E-state index contributed by atoms with van der Waals surface area (Å²) in [5.41, 5.74) is 3.67. The van der Waals surface area contributed by atoms with E-state index in [4.69, 9.17) is 4.42 Å². The number of carbonyl (C=O) groups excluding carboxylic acids is 2. The van der Waals surface area contributed by atoms with Crippen LogP contribution in [0.3, 0.4) is 0 Å². The Morgan fingerprint density at radius 3 is 2.83 bits per heavy atom. The quantitative estimate of drug-likeness (QED) is 0.723. The zero-order valence-electron chi connectivity index (χ0n) is 16.8. The van der Waals surface area contributed by atoms with E-state index in [1.807, 2.05) is 42.3 Å². The zero-order valence-corrected chi connectivity index (χ0v) is 16.8. The molecule has 1 aromatic heterocycles. The van der Waals surface area contributed by atoms with Gasteiger partial charge in [0.1, 0.15) is 0 Å². The second-order valence-electron chi connectivity index (χ2n) is 8.22. The Balaban J connectivity index is 1.47. The summed E-state index contributed by atoms with van der Waals surface area (Å²) in [6.45, 7) is 1.18. The number of piperidine rings is 1. The van der Waals surface area contributed by atoms with Gasteiger partial charge in [-0.15, -0.1) is 0 Å². The number of nitrogens with zero attached hydrogens (tertiary/aromatic N) is 2. The van der Waals surface area contributed by atoms with Crippen LogP contribution in [0.1, 0.15) is 46.8 Å². The summed E-state index contributed by atoms with van der Waals surface area (Å²) in [4.78, 5) is 43.6. The Morgan fingerprint density at radius 2 is 1.97 bits per heavy atom. The van der Waals surface area contributed by atoms with Crippen molar-refractivity contribution in [1.82, 2.24) is 14.8 Å². The van der Waals surface area contributed by atoms with Crippen LogP contribution in [-0.2, 0) is 11.3 Å². The molecule has 3 aromatic rings. The number of H-pyrrole nitrogens is 1. The summed E-state index contributed by atoms with van der Waals surface area (Å²) in [5, 5.41) is 0. The first-order valence-corrected chi connectivity index (χ1v) is 10.3. The molecule has 0 bridgehead atoms. The maximum Gasteiger partial charge on any atom is 0.417 e. The summed E-state index contributed by atoms with van der Waals surface area (Å²) >= 11 is 0. The van der Waals surface area contributed by atoms with Gasteiger partial charge in [0, 0.05) is 31.6 Å². The molecule has 2 aliphatic rings. The van der Waals surface area contributed by atoms with E-state index in [2.05, 4.69) is 4.98 Å². The zero-order chi connectivity index (χ0) is 20.8. The van der Waals surface area contributed by atoms with Crippen LogP contribution in [0.15, 0.2) is 51.7 Å². The van der Waals surface area contributed by atoms with Crippen LogP contribution in [0.4, 0.5) is 0 Å². The first-order valence-electron chi connectivity index (χ1n) is 10.3. The van der Waals surface area contributed by atoms with E-state index in [0.29, 0.717) is 29.6 Å². The number of aromatic nitrogens is 1. The maximum absolute atomic E-state index is 13.2. The molecule has 1 fully saturated rings. The number of hydrogen-bond acceptors (Lipinski definition) is 4. The normalized spacial score (nSPS) is 21.5. The van der Waals surface area contributed by atoms with Gasteiger partial charge in [-0.05, 0) is 48.6 Å². The van der Waals surface area contributed by atoms with Crippen molar-refractivity contribution in [2.45, 2.75) is 31.8 Å². The van der Waals surface area contributed by atoms with Crippen LogP contribution in [0.25, 0.3) is 11.1 Å². The molecule has 0 unspecified atom stereocenters. The second-order valence-corrected chi connectivity index (χ2v) is 8.22. The molecule has 7 nitrogen and oxygen atoms in total. The number of likely N-dealkylation sites (tertiary alicyclic amines) is 1. The van der Waals surface area contributed by atoms with E-state index < -0.39 is 5.76 Å². The molecule has 0 spiro atoms. The fraction of sp³-hybridized carbons (Fsp3) is 0.348. The van der Waals surface area contributed by atoms with Gasteiger partial charge in [0.15, 0.2) is 5.58 Å². The highest BCUT2D eigenvalue weighted by Gasteiger charge is 2.39. The van der Waals surface area contributed by atoms with Crippen molar-refractivity contribution in [3.05, 3.63) is 69.7 Å². The Hall–Kier alpha value is -3.35. The molecular formula is C23H23N3O4. The number of carbonyl (C=O) groups is 2. The summed E-state index contributed by atoms with van der Waals surface area (Å²) in [7, 11) is 1.85. The van der Waals surface area contributed by atoms with E-state index in [-0.39, 0.29) is 23.8 Å². The highest BCUT2D eigenvalue weighted by Crippen LogP contribution is 2.40. The molecule has 5 rings (SSSR count). The third-order valence-electron chi connectivity index (χ3n) is 6.30. The van der Waals surface area contributed by atoms with Gasteiger partial charge in [0.2, 0.25) is 5.91 Å². The van der Waals surface area contributed by atoms with Gasteiger partial charge in [-0.25, -0.2) is 4.79 Å². The first kappa shape index (κ1) is 18.7. The molecule has 0 saturated carbocycles. The average Bonchev–Trinajstić information content (AvgIpc) is 3.23. The lowest BCUT2D eigenvalue weighted by Gasteiger charge is -2.33. The Kier molecular flexibility index (Phi) is 4.46. The third kappa shape index (κ3) is 3.10. The van der Waals surface area contributed by atoms with Gasteiger partial charge in [-0.2, -0.15) is 0 Å². The molecule has 1 N–H and O–H groups in total. The minimum absolute atomic E-state index is 0.0252.